The van der Waals surface area contributed by atoms with Crippen molar-refractivity contribution in [3.8, 4) is 0 Å². The van der Waals surface area contributed by atoms with Gasteiger partial charge in [-0.3, -0.25) is 0 Å². The summed E-state index contributed by atoms with van der Waals surface area (Å²) in [4.78, 5) is 0. The predicted octanol–water partition coefficient (Wildman–Crippen LogP) is 35.2. The van der Waals surface area contributed by atoms with Crippen LogP contribution in [0.5, 0.6) is 0 Å². The van der Waals surface area contributed by atoms with Crippen LogP contribution < -0.4 is 20.7 Å². The molecule has 4 rings (SSSR count). The number of hydrogen-bond acceptors (Lipinski definition) is 1. The second kappa shape index (κ2) is 35.7. The Kier molecular flexibility index (Phi) is 32.7. The SMILES string of the molecule is CC(C)(C)CC(C)(C)c1cc(C(C)(C)CC(C)(C)C)c(C(C)(C)CC(C)(C)C)cc1[Si](O[Si](c1cc(C(C)(C)CC(C)(C)C)c(C(C)(C)CC(C)(C)C)cc1C(C)(C)CC(C)(C)C)c1cc(C(C)(C)CC(C)(C)C)c(C(C)(C)CC(C)(C)C)cc1C(C)(C)CC(C)(C)C)c1cc(C(C)(C)CC(C)(C)C)c(C(C)(C)CC(C)(C)C)cc1C(C)(C)CC(C)(C)C. The van der Waals surface area contributed by atoms with Crippen molar-refractivity contribution in [1.82, 2.24) is 0 Å². The molecule has 0 aliphatic rings. The average molecular weight is 1730 g/mol. The highest BCUT2D eigenvalue weighted by molar-refractivity contribution is 6.92. The second-order valence-corrected chi connectivity index (χ2v) is 68.3. The van der Waals surface area contributed by atoms with Gasteiger partial charge in [-0.15, -0.1) is 0 Å². The first-order chi connectivity index (χ1) is 53.3. The quantitative estimate of drug-likeness (QED) is 0.0473. The molecule has 0 N–H and O–H groups in total. The van der Waals surface area contributed by atoms with Crippen LogP contribution in [0.15, 0.2) is 48.5 Å². The lowest BCUT2D eigenvalue weighted by Gasteiger charge is -2.46. The molecule has 0 saturated carbocycles. The highest BCUT2D eigenvalue weighted by atomic mass is 28.4. The second-order valence-electron chi connectivity index (χ2n) is 64.0. The van der Waals surface area contributed by atoms with Gasteiger partial charge in [0.15, 0.2) is 0 Å². The largest absolute Gasteiger partial charge is 0.442 e. The van der Waals surface area contributed by atoms with E-state index < -0.39 is 18.1 Å². The van der Waals surface area contributed by atoms with Crippen molar-refractivity contribution >= 4 is 38.8 Å². The minimum atomic E-state index is -2.59. The van der Waals surface area contributed by atoms with Crippen molar-refractivity contribution in [2.24, 2.45) is 65.0 Å². The summed E-state index contributed by atoms with van der Waals surface area (Å²) in [6, 6.07) is 23.5. The minimum absolute atomic E-state index is 0.0162. The summed E-state index contributed by atoms with van der Waals surface area (Å²) < 4.78 is 10.4. The first-order valence-electron chi connectivity index (χ1n) is 49.5. The smallest absolute Gasteiger partial charge is 0.273 e. The molecule has 123 heavy (non-hydrogen) atoms. The summed E-state index contributed by atoms with van der Waals surface area (Å²) >= 11 is 0. The summed E-state index contributed by atoms with van der Waals surface area (Å²) in [5.41, 5.74) is 15.3. The van der Waals surface area contributed by atoms with Crippen molar-refractivity contribution in [3.05, 3.63) is 115 Å². The Hall–Kier alpha value is -2.73. The van der Waals surface area contributed by atoms with Gasteiger partial charge in [-0.1, -0.05) is 464 Å². The van der Waals surface area contributed by atoms with Crippen LogP contribution in [-0.2, 0) is 69.1 Å². The van der Waals surface area contributed by atoms with E-state index in [-0.39, 0.29) is 130 Å². The summed E-state index contributed by atoms with van der Waals surface area (Å²) in [5.74, 6) is 0. The molecule has 0 heterocycles. The molecule has 0 spiro atoms. The third kappa shape index (κ3) is 32.3. The Morgan fingerprint density at radius 3 is 0.301 bits per heavy atom. The molecule has 1 nitrogen and oxygen atoms in total. The molecule has 2 radical (unpaired) electrons. The molecule has 0 aromatic heterocycles. The van der Waals surface area contributed by atoms with Crippen molar-refractivity contribution < 1.29 is 4.12 Å². The molecule has 0 aliphatic heterocycles. The highest BCUT2D eigenvalue weighted by Gasteiger charge is 2.51. The fourth-order valence-corrected chi connectivity index (χ4v) is 34.4. The Morgan fingerprint density at radius 1 is 0.130 bits per heavy atom. The van der Waals surface area contributed by atoms with E-state index in [1.807, 2.05) is 0 Å². The van der Waals surface area contributed by atoms with Crippen molar-refractivity contribution in [3.63, 3.8) is 0 Å². The van der Waals surface area contributed by atoms with Crippen LogP contribution in [0, 0.1) is 65.0 Å². The summed E-state index contributed by atoms with van der Waals surface area (Å²) in [5, 5.41) is 5.88. The van der Waals surface area contributed by atoms with Crippen LogP contribution in [0.2, 0.25) is 0 Å². The van der Waals surface area contributed by atoms with Gasteiger partial charge in [-0.05, 0) is 295 Å². The lowest BCUT2D eigenvalue weighted by molar-refractivity contribution is 0.262. The molecular formula is C120H212OSi2. The molecule has 4 aromatic carbocycles. The van der Waals surface area contributed by atoms with Gasteiger partial charge in [0.1, 0.15) is 0 Å². The van der Waals surface area contributed by atoms with Crippen LogP contribution in [0.25, 0.3) is 0 Å². The molecule has 0 aliphatic carbocycles. The third-order valence-electron chi connectivity index (χ3n) is 26.2. The Morgan fingerprint density at radius 2 is 0.211 bits per heavy atom. The number of rotatable bonds is 30. The summed E-state index contributed by atoms with van der Waals surface area (Å²) in [7, 11) is -5.18. The molecule has 0 bridgehead atoms. The lowest BCUT2D eigenvalue weighted by Crippen LogP contribution is -2.61. The van der Waals surface area contributed by atoms with Crippen LogP contribution in [0.3, 0.4) is 0 Å². The van der Waals surface area contributed by atoms with Gasteiger partial charge in [0.2, 0.25) is 0 Å². The average Bonchev–Trinajstić information content (AvgIpc) is 0.718. The first kappa shape index (κ1) is 113. The molecular weight excluding hydrogens is 1510 g/mol. The Labute approximate surface area is 775 Å². The van der Waals surface area contributed by atoms with E-state index in [0.717, 1.165) is 77.0 Å². The fourth-order valence-electron chi connectivity index (χ4n) is 27.5. The van der Waals surface area contributed by atoms with Gasteiger partial charge in [0.25, 0.3) is 18.1 Å². The van der Waals surface area contributed by atoms with Crippen LogP contribution in [0.1, 0.15) is 559 Å². The van der Waals surface area contributed by atoms with Gasteiger partial charge >= 0.3 is 0 Å². The maximum atomic E-state index is 10.4. The van der Waals surface area contributed by atoms with Crippen molar-refractivity contribution in [2.45, 2.75) is 557 Å². The van der Waals surface area contributed by atoms with Crippen LogP contribution in [-0.4, -0.2) is 18.1 Å². The standard InChI is InChI=1S/C120H212OSi2/c1-97(2,3)69-109(37,38)81-61-89(117(53,54)77-105(25,26)27)93(65-85(81)113(45,46)73-101(13,14)15)122(94-66-86(114(47,48)74-102(16,17)18)82(110(39,40)70-98(4,5)6)62-90(94)118(55,56)78-106(28,29)30)121-123(95-67-87(115(49,50)75-103(19,20)21)83(111(41,42)71-99(7,8)9)63-91(95)119(57,58)79-107(31,32)33)96-68-88(116(51,52)76-104(22,23)24)84(112(43,44)72-100(10,11)12)64-92(96)120(59,60)80-108(34,35)36/h61-68H,69-80H2,1-60H3. The zero-order valence-corrected chi connectivity index (χ0v) is 96.5. The highest BCUT2D eigenvalue weighted by Crippen LogP contribution is 2.55. The molecule has 0 atom stereocenters. The van der Waals surface area contributed by atoms with Gasteiger partial charge in [-0.25, -0.2) is 0 Å². The molecule has 0 fully saturated rings. The van der Waals surface area contributed by atoms with E-state index in [1.165, 1.54) is 87.5 Å². The fraction of sp³-hybridized carbons (Fsp3) is 0.800. The number of hydrogen-bond donors (Lipinski definition) is 0. The molecule has 0 amide bonds. The van der Waals surface area contributed by atoms with Gasteiger partial charge in [0.05, 0.1) is 0 Å². The van der Waals surface area contributed by atoms with E-state index in [0.29, 0.717) is 0 Å². The summed E-state index contributed by atoms with van der Waals surface area (Å²) in [6.45, 7) is 154. The molecule has 0 unspecified atom stereocenters. The monoisotopic (exact) mass is 1730 g/mol. The van der Waals surface area contributed by atoms with Gasteiger partial charge < -0.3 is 4.12 Å². The molecule has 4 aromatic rings. The lowest BCUT2D eigenvalue weighted by atomic mass is 9.63. The van der Waals surface area contributed by atoms with E-state index in [4.69, 9.17) is 0 Å². The van der Waals surface area contributed by atoms with E-state index in [2.05, 4.69) is 464 Å². The zero-order valence-electron chi connectivity index (χ0n) is 94.5. The molecule has 0 saturated heterocycles. The van der Waals surface area contributed by atoms with Gasteiger partial charge in [0, 0.05) is 0 Å². The number of benzene rings is 4. The van der Waals surface area contributed by atoms with Crippen molar-refractivity contribution in [1.29, 1.82) is 0 Å². The molecule has 706 valence electrons. The summed E-state index contributed by atoms with van der Waals surface area (Å²) in [6.07, 6.45) is 12.3. The van der Waals surface area contributed by atoms with Crippen LogP contribution >= 0.6 is 0 Å². The first-order valence-corrected chi connectivity index (χ1v) is 52.3. The van der Waals surface area contributed by atoms with E-state index in [1.54, 1.807) is 0 Å². The zero-order chi connectivity index (χ0) is 97.2. The van der Waals surface area contributed by atoms with Gasteiger partial charge in [-0.2, -0.15) is 0 Å². The predicted molar refractivity (Wildman–Crippen MR) is 562 cm³/mol. The topological polar surface area (TPSA) is 9.23 Å². The molecule has 3 heteroatoms. The maximum absolute atomic E-state index is 10.4. The van der Waals surface area contributed by atoms with Crippen LogP contribution in [0.4, 0.5) is 0 Å². The third-order valence-corrected chi connectivity index (χ3v) is 31.5. The Balaban J connectivity index is 3.24. The maximum Gasteiger partial charge on any atom is 0.273 e. The van der Waals surface area contributed by atoms with E-state index in [9.17, 15) is 4.12 Å². The normalized spacial score (nSPS) is 15.4. The van der Waals surface area contributed by atoms with Crippen molar-refractivity contribution in [2.75, 3.05) is 0 Å². The Bertz CT molecular complexity index is 3680. The minimum Gasteiger partial charge on any atom is -0.442 e. The van der Waals surface area contributed by atoms with E-state index >= 15 is 0 Å².